The van der Waals surface area contributed by atoms with Crippen LogP contribution < -0.4 is 20.5 Å². The number of fused-ring (bicyclic) bond motifs is 2. The first-order valence-electron chi connectivity index (χ1n) is 10.8. The summed E-state index contributed by atoms with van der Waals surface area (Å²) in [5.74, 6) is 2.73. The number of rotatable bonds is 5. The minimum absolute atomic E-state index is 0.228. The van der Waals surface area contributed by atoms with Gasteiger partial charge in [0, 0.05) is 12.6 Å². The van der Waals surface area contributed by atoms with E-state index in [1.165, 1.54) is 0 Å². The summed E-state index contributed by atoms with van der Waals surface area (Å²) in [6.07, 6.45) is 5.37. The number of amides is 1. The fraction of sp³-hybridized carbons (Fsp3) is 0.455. The van der Waals surface area contributed by atoms with E-state index in [4.69, 9.17) is 19.9 Å². The lowest BCUT2D eigenvalue weighted by atomic mass is 9.86. The van der Waals surface area contributed by atoms with Crippen LogP contribution in [0.5, 0.6) is 11.5 Å². The number of hydrogen-bond donors (Lipinski definition) is 2. The van der Waals surface area contributed by atoms with E-state index in [0.29, 0.717) is 36.1 Å². The van der Waals surface area contributed by atoms with Gasteiger partial charge in [0.05, 0.1) is 12.9 Å². The zero-order chi connectivity index (χ0) is 22.1. The molecule has 168 valence electrons. The standard InChI is InChI=1S/C22H26N6O4/c1-13-26-20(23)19-21(27-13)28(11-25-19)16-4-2-3-15(7-16)10-30-22(29)24-9-14-5-6-17-18(8-14)32-12-31-17/h5-6,8,11,15-16H,2-4,7,9-10,12H2,1H3,(H,24,29)(H2,23,26,27)/t15-,16+/m1/s1. The fourth-order valence-electron chi connectivity index (χ4n) is 4.46. The summed E-state index contributed by atoms with van der Waals surface area (Å²) in [5, 5.41) is 2.80. The van der Waals surface area contributed by atoms with Crippen molar-refractivity contribution in [1.82, 2.24) is 24.8 Å². The first kappa shape index (κ1) is 20.3. The third kappa shape index (κ3) is 4.12. The second-order valence-corrected chi connectivity index (χ2v) is 8.31. The number of anilines is 1. The van der Waals surface area contributed by atoms with Crippen molar-refractivity contribution in [2.24, 2.45) is 5.92 Å². The van der Waals surface area contributed by atoms with Crippen LogP contribution in [-0.4, -0.2) is 39.0 Å². The Morgan fingerprint density at radius 2 is 2.16 bits per heavy atom. The summed E-state index contributed by atoms with van der Waals surface area (Å²) >= 11 is 0. The Bertz CT molecular complexity index is 1150. The zero-order valence-electron chi connectivity index (χ0n) is 17.9. The first-order chi connectivity index (χ1) is 15.6. The van der Waals surface area contributed by atoms with Gasteiger partial charge in [-0.2, -0.15) is 0 Å². The molecule has 5 rings (SSSR count). The molecule has 0 saturated heterocycles. The molecule has 2 aromatic heterocycles. The van der Waals surface area contributed by atoms with Crippen molar-refractivity contribution in [2.45, 2.75) is 45.2 Å². The molecule has 0 bridgehead atoms. The number of carbonyl (C=O) groups is 1. The summed E-state index contributed by atoms with van der Waals surface area (Å²) in [6.45, 7) is 2.80. The maximum atomic E-state index is 12.2. The number of alkyl carbamates (subject to hydrolysis) is 1. The lowest BCUT2D eigenvalue weighted by Crippen LogP contribution is -2.28. The third-order valence-electron chi connectivity index (χ3n) is 6.03. The molecule has 1 aliphatic heterocycles. The minimum atomic E-state index is -0.422. The second kappa shape index (κ2) is 8.52. The number of carbonyl (C=O) groups excluding carboxylic acids is 1. The van der Waals surface area contributed by atoms with Crippen LogP contribution >= 0.6 is 0 Å². The number of imidazole rings is 1. The van der Waals surface area contributed by atoms with Gasteiger partial charge in [-0.3, -0.25) is 0 Å². The van der Waals surface area contributed by atoms with Crippen molar-refractivity contribution >= 4 is 23.1 Å². The highest BCUT2D eigenvalue weighted by Crippen LogP contribution is 2.35. The number of aromatic nitrogens is 4. The predicted molar refractivity (Wildman–Crippen MR) is 116 cm³/mol. The van der Waals surface area contributed by atoms with Crippen LogP contribution in [0.15, 0.2) is 24.5 Å². The third-order valence-corrected chi connectivity index (χ3v) is 6.03. The van der Waals surface area contributed by atoms with E-state index in [2.05, 4.69) is 24.8 Å². The highest BCUT2D eigenvalue weighted by molar-refractivity contribution is 5.81. The van der Waals surface area contributed by atoms with Gasteiger partial charge in [0.15, 0.2) is 23.0 Å². The van der Waals surface area contributed by atoms with Crippen molar-refractivity contribution in [2.75, 3.05) is 19.1 Å². The average molecular weight is 438 g/mol. The molecular formula is C22H26N6O4. The number of nitrogen functional groups attached to an aromatic ring is 1. The van der Waals surface area contributed by atoms with Crippen molar-refractivity contribution in [3.05, 3.63) is 35.9 Å². The van der Waals surface area contributed by atoms with Gasteiger partial charge in [-0.1, -0.05) is 12.5 Å². The smallest absolute Gasteiger partial charge is 0.407 e. The van der Waals surface area contributed by atoms with E-state index < -0.39 is 6.09 Å². The van der Waals surface area contributed by atoms with Gasteiger partial charge in [-0.15, -0.1) is 0 Å². The molecule has 32 heavy (non-hydrogen) atoms. The van der Waals surface area contributed by atoms with Crippen LogP contribution in [0.1, 0.15) is 43.1 Å². The molecule has 1 aliphatic carbocycles. The number of aryl methyl sites for hydroxylation is 1. The van der Waals surface area contributed by atoms with E-state index in [1.807, 2.05) is 25.1 Å². The number of nitrogens with one attached hydrogen (secondary N) is 1. The predicted octanol–water partition coefficient (Wildman–Crippen LogP) is 3.10. The molecule has 0 radical (unpaired) electrons. The Morgan fingerprint density at radius 3 is 3.06 bits per heavy atom. The topological polar surface area (TPSA) is 126 Å². The molecule has 3 N–H and O–H groups in total. The maximum absolute atomic E-state index is 12.2. The number of nitrogens with zero attached hydrogens (tertiary/aromatic N) is 4. The molecule has 3 aromatic rings. The van der Waals surface area contributed by atoms with Crippen LogP contribution in [-0.2, 0) is 11.3 Å². The molecule has 0 spiro atoms. The largest absolute Gasteiger partial charge is 0.454 e. The highest BCUT2D eigenvalue weighted by Gasteiger charge is 2.26. The zero-order valence-corrected chi connectivity index (χ0v) is 17.9. The summed E-state index contributed by atoms with van der Waals surface area (Å²) in [5.41, 5.74) is 8.33. The van der Waals surface area contributed by atoms with Gasteiger partial charge in [0.25, 0.3) is 0 Å². The summed E-state index contributed by atoms with van der Waals surface area (Å²) < 4.78 is 18.3. The molecular weight excluding hydrogens is 412 g/mol. The van der Waals surface area contributed by atoms with E-state index in [9.17, 15) is 4.79 Å². The normalized spacial score (nSPS) is 19.8. The van der Waals surface area contributed by atoms with Crippen LogP contribution in [0.3, 0.4) is 0 Å². The highest BCUT2D eigenvalue weighted by atomic mass is 16.7. The Labute approximate surface area is 185 Å². The van der Waals surface area contributed by atoms with Crippen molar-refractivity contribution in [1.29, 1.82) is 0 Å². The van der Waals surface area contributed by atoms with Gasteiger partial charge < -0.3 is 29.8 Å². The fourth-order valence-corrected chi connectivity index (χ4v) is 4.46. The summed E-state index contributed by atoms with van der Waals surface area (Å²) in [7, 11) is 0. The summed E-state index contributed by atoms with van der Waals surface area (Å²) in [6, 6.07) is 5.84. The molecule has 10 nitrogen and oxygen atoms in total. The quantitative estimate of drug-likeness (QED) is 0.622. The molecule has 1 amide bonds. The molecule has 2 aliphatic rings. The van der Waals surface area contributed by atoms with Gasteiger partial charge in [-0.25, -0.2) is 19.7 Å². The molecule has 0 unspecified atom stereocenters. The van der Waals surface area contributed by atoms with Crippen LogP contribution in [0.2, 0.25) is 0 Å². The van der Waals surface area contributed by atoms with E-state index >= 15 is 0 Å². The SMILES string of the molecule is Cc1nc(N)c2ncn([C@H]3CCC[C@@H](COC(=O)NCc4ccc5c(c4)OCO5)C3)c2n1. The molecule has 1 saturated carbocycles. The van der Waals surface area contributed by atoms with Crippen molar-refractivity contribution in [3.8, 4) is 11.5 Å². The average Bonchev–Trinajstić information content (AvgIpc) is 3.43. The number of ether oxygens (including phenoxy) is 3. The van der Waals surface area contributed by atoms with Gasteiger partial charge in [-0.05, 0) is 49.8 Å². The van der Waals surface area contributed by atoms with Gasteiger partial charge in [0.2, 0.25) is 6.79 Å². The Balaban J connectivity index is 1.15. The molecule has 1 aromatic carbocycles. The van der Waals surface area contributed by atoms with E-state index in [1.54, 1.807) is 6.33 Å². The summed E-state index contributed by atoms with van der Waals surface area (Å²) in [4.78, 5) is 25.4. The van der Waals surface area contributed by atoms with Crippen LogP contribution in [0, 0.1) is 12.8 Å². The lowest BCUT2D eigenvalue weighted by Gasteiger charge is -2.29. The molecule has 1 fully saturated rings. The second-order valence-electron chi connectivity index (χ2n) is 8.31. The Kier molecular flexibility index (Phi) is 5.42. The van der Waals surface area contributed by atoms with Gasteiger partial charge >= 0.3 is 6.09 Å². The van der Waals surface area contributed by atoms with E-state index in [0.717, 1.165) is 42.6 Å². The number of nitrogens with two attached hydrogens (primary N) is 1. The number of hydrogen-bond acceptors (Lipinski definition) is 8. The van der Waals surface area contributed by atoms with E-state index in [-0.39, 0.29) is 18.8 Å². The first-order valence-corrected chi connectivity index (χ1v) is 10.8. The van der Waals surface area contributed by atoms with Gasteiger partial charge in [0.1, 0.15) is 11.3 Å². The molecule has 2 atom stereocenters. The van der Waals surface area contributed by atoms with Crippen molar-refractivity contribution < 1.29 is 19.0 Å². The minimum Gasteiger partial charge on any atom is -0.454 e. The Morgan fingerprint density at radius 1 is 1.28 bits per heavy atom. The van der Waals surface area contributed by atoms with Crippen molar-refractivity contribution in [3.63, 3.8) is 0 Å². The number of benzene rings is 1. The maximum Gasteiger partial charge on any atom is 0.407 e. The monoisotopic (exact) mass is 438 g/mol. The Hall–Kier alpha value is -3.56. The van der Waals surface area contributed by atoms with Crippen LogP contribution in [0.4, 0.5) is 10.6 Å². The molecule has 3 heterocycles. The lowest BCUT2D eigenvalue weighted by molar-refractivity contribution is 0.107. The molecule has 10 heteroatoms. The van der Waals surface area contributed by atoms with Crippen LogP contribution in [0.25, 0.3) is 11.2 Å².